The molecule has 1 N–H and O–H groups in total. The number of aromatic nitrogens is 1. The van der Waals surface area contributed by atoms with Crippen molar-refractivity contribution in [3.63, 3.8) is 0 Å². The Hall–Kier alpha value is -3.37. The van der Waals surface area contributed by atoms with E-state index in [2.05, 4.69) is 5.32 Å². The van der Waals surface area contributed by atoms with Crippen LogP contribution < -0.4 is 15.6 Å². The average molecular weight is 470 g/mol. The number of benzene rings is 1. The van der Waals surface area contributed by atoms with Gasteiger partial charge in [-0.2, -0.15) is 4.31 Å². The Bertz CT molecular complexity index is 1350. The average Bonchev–Trinajstić information content (AvgIpc) is 3.36. The van der Waals surface area contributed by atoms with E-state index >= 15 is 0 Å². The number of hydrogen-bond acceptors (Lipinski definition) is 6. The van der Waals surface area contributed by atoms with Gasteiger partial charge in [0.25, 0.3) is 11.5 Å². The topological polar surface area (TPSA) is 111 Å². The molecule has 172 valence electrons. The van der Waals surface area contributed by atoms with Crippen LogP contribution in [0.25, 0.3) is 0 Å². The zero-order valence-electron chi connectivity index (χ0n) is 17.9. The zero-order chi connectivity index (χ0) is 23.2. The highest BCUT2D eigenvalue weighted by Gasteiger charge is 2.40. The van der Waals surface area contributed by atoms with Gasteiger partial charge in [-0.3, -0.25) is 9.59 Å². The predicted molar refractivity (Wildman–Crippen MR) is 120 cm³/mol. The van der Waals surface area contributed by atoms with Crippen molar-refractivity contribution in [1.29, 1.82) is 0 Å². The molecule has 2 atom stereocenters. The number of piperidine rings is 1. The Balaban J connectivity index is 1.47. The third kappa shape index (κ3) is 3.85. The number of furan rings is 1. The SMILES string of the molecule is COc1ccc(S(=O)(=O)N2C[C@@H]3C[C@H](C2)c2c(NC(=O)c4ccco4)ccc(=O)n2C3)cc1. The second kappa shape index (κ2) is 8.20. The summed E-state index contributed by atoms with van der Waals surface area (Å²) in [5, 5.41) is 2.83. The summed E-state index contributed by atoms with van der Waals surface area (Å²) in [6.07, 6.45) is 2.15. The zero-order valence-corrected chi connectivity index (χ0v) is 18.7. The van der Waals surface area contributed by atoms with Gasteiger partial charge in [-0.1, -0.05) is 0 Å². The molecule has 0 saturated carbocycles. The first kappa shape index (κ1) is 21.5. The Kier molecular flexibility index (Phi) is 5.34. The van der Waals surface area contributed by atoms with Crippen LogP contribution >= 0.6 is 0 Å². The second-order valence-electron chi connectivity index (χ2n) is 8.31. The first-order valence-corrected chi connectivity index (χ1v) is 12.0. The lowest BCUT2D eigenvalue weighted by Gasteiger charge is -2.42. The lowest BCUT2D eigenvalue weighted by atomic mass is 9.83. The number of pyridine rings is 1. The Morgan fingerprint density at radius 2 is 1.88 bits per heavy atom. The lowest BCUT2D eigenvalue weighted by Crippen LogP contribution is -2.49. The number of rotatable bonds is 5. The van der Waals surface area contributed by atoms with Crippen LogP contribution in [0.2, 0.25) is 0 Å². The van der Waals surface area contributed by atoms with E-state index in [4.69, 9.17) is 9.15 Å². The number of carbonyl (C=O) groups excluding carboxylic acids is 1. The summed E-state index contributed by atoms with van der Waals surface area (Å²) in [4.78, 5) is 25.4. The van der Waals surface area contributed by atoms with Crippen LogP contribution in [0.5, 0.6) is 5.75 Å². The molecular formula is C23H23N3O6S. The molecule has 1 amide bonds. The van der Waals surface area contributed by atoms with Gasteiger partial charge in [-0.05, 0) is 54.8 Å². The molecule has 2 aromatic heterocycles. The molecule has 33 heavy (non-hydrogen) atoms. The minimum absolute atomic E-state index is 0.00185. The molecule has 1 saturated heterocycles. The van der Waals surface area contributed by atoms with Crippen molar-refractivity contribution in [3.8, 4) is 5.75 Å². The molecule has 1 fully saturated rings. The van der Waals surface area contributed by atoms with E-state index in [1.54, 1.807) is 34.9 Å². The van der Waals surface area contributed by atoms with Gasteiger partial charge >= 0.3 is 0 Å². The summed E-state index contributed by atoms with van der Waals surface area (Å²) >= 11 is 0. The molecule has 5 rings (SSSR count). The number of carbonyl (C=O) groups is 1. The van der Waals surface area contributed by atoms with E-state index in [1.165, 1.54) is 35.9 Å². The van der Waals surface area contributed by atoms with Crippen LogP contribution in [-0.4, -0.2) is 43.4 Å². The molecule has 0 aliphatic carbocycles. The minimum Gasteiger partial charge on any atom is -0.497 e. The summed E-state index contributed by atoms with van der Waals surface area (Å²) in [6.45, 7) is 0.946. The van der Waals surface area contributed by atoms with E-state index in [0.717, 1.165) is 6.42 Å². The van der Waals surface area contributed by atoms with Crippen LogP contribution in [0.3, 0.4) is 0 Å². The van der Waals surface area contributed by atoms with Gasteiger partial charge in [-0.25, -0.2) is 8.42 Å². The van der Waals surface area contributed by atoms with Gasteiger partial charge in [0.05, 0.1) is 24.0 Å². The molecule has 1 aromatic carbocycles. The summed E-state index contributed by atoms with van der Waals surface area (Å²) in [5.74, 6) is 0.0714. The van der Waals surface area contributed by atoms with E-state index in [1.807, 2.05) is 0 Å². The molecule has 0 spiro atoms. The molecule has 2 bridgehead atoms. The predicted octanol–water partition coefficient (Wildman–Crippen LogP) is 2.51. The maximum atomic E-state index is 13.3. The van der Waals surface area contributed by atoms with Gasteiger partial charge in [0.15, 0.2) is 5.76 Å². The van der Waals surface area contributed by atoms with Gasteiger partial charge in [0.1, 0.15) is 5.75 Å². The second-order valence-corrected chi connectivity index (χ2v) is 10.2. The van der Waals surface area contributed by atoms with Crippen molar-refractivity contribution in [3.05, 3.63) is 76.6 Å². The standard InChI is InChI=1S/C23H23N3O6S/c1-31-17-4-6-18(7-5-17)33(29,30)25-12-15-11-16(14-25)22-19(8-9-21(27)26(22)13-15)24-23(28)20-3-2-10-32-20/h2-10,15-16H,11-14H2,1H3,(H,24,28)/t15-,16+/m0/s1. The molecule has 2 aliphatic heterocycles. The molecular weight excluding hydrogens is 446 g/mol. The van der Waals surface area contributed by atoms with Gasteiger partial charge < -0.3 is 19.0 Å². The minimum atomic E-state index is -3.73. The Labute approximate surface area is 190 Å². The summed E-state index contributed by atoms with van der Waals surface area (Å²) in [6, 6.07) is 12.5. The van der Waals surface area contributed by atoms with Crippen LogP contribution in [0, 0.1) is 5.92 Å². The van der Waals surface area contributed by atoms with Crippen molar-refractivity contribution in [1.82, 2.24) is 8.87 Å². The molecule has 9 nitrogen and oxygen atoms in total. The monoisotopic (exact) mass is 469 g/mol. The number of nitrogens with zero attached hydrogens (tertiary/aromatic N) is 2. The van der Waals surface area contributed by atoms with Crippen molar-refractivity contribution in [2.45, 2.75) is 23.8 Å². The fourth-order valence-electron chi connectivity index (χ4n) is 4.76. The Morgan fingerprint density at radius 1 is 1.09 bits per heavy atom. The van der Waals surface area contributed by atoms with Crippen LogP contribution in [0.15, 0.2) is 68.9 Å². The first-order chi connectivity index (χ1) is 15.9. The van der Waals surface area contributed by atoms with Crippen LogP contribution in [-0.2, 0) is 16.6 Å². The summed E-state index contributed by atoms with van der Waals surface area (Å²) in [5.41, 5.74) is 0.971. The first-order valence-electron chi connectivity index (χ1n) is 10.6. The van der Waals surface area contributed by atoms with E-state index in [-0.39, 0.29) is 34.6 Å². The van der Waals surface area contributed by atoms with Crippen molar-refractivity contribution in [2.75, 3.05) is 25.5 Å². The number of fused-ring (bicyclic) bond motifs is 4. The highest BCUT2D eigenvalue weighted by molar-refractivity contribution is 7.89. The molecule has 0 radical (unpaired) electrons. The molecule has 2 aliphatic rings. The van der Waals surface area contributed by atoms with E-state index in [0.29, 0.717) is 30.2 Å². The highest BCUT2D eigenvalue weighted by atomic mass is 32.2. The number of amides is 1. The fourth-order valence-corrected chi connectivity index (χ4v) is 6.32. The number of methoxy groups -OCH3 is 1. The normalized spacial score (nSPS) is 20.2. The van der Waals surface area contributed by atoms with Gasteiger partial charge in [-0.15, -0.1) is 0 Å². The number of hydrogen-bond donors (Lipinski definition) is 1. The molecule has 0 unspecified atom stereocenters. The smallest absolute Gasteiger partial charge is 0.291 e. The molecule has 4 heterocycles. The fraction of sp³-hybridized carbons (Fsp3) is 0.304. The highest BCUT2D eigenvalue weighted by Crippen LogP contribution is 2.40. The maximum Gasteiger partial charge on any atom is 0.291 e. The molecule has 10 heteroatoms. The molecule has 3 aromatic rings. The maximum absolute atomic E-state index is 13.3. The van der Waals surface area contributed by atoms with Gasteiger partial charge in [0, 0.05) is 37.3 Å². The van der Waals surface area contributed by atoms with Crippen molar-refractivity contribution in [2.24, 2.45) is 5.92 Å². The summed E-state index contributed by atoms with van der Waals surface area (Å²) in [7, 11) is -2.20. The van der Waals surface area contributed by atoms with Gasteiger partial charge in [0.2, 0.25) is 10.0 Å². The quantitative estimate of drug-likeness (QED) is 0.615. The number of anilines is 1. The lowest BCUT2D eigenvalue weighted by molar-refractivity contribution is 0.0996. The third-order valence-electron chi connectivity index (χ3n) is 6.25. The van der Waals surface area contributed by atoms with E-state index in [9.17, 15) is 18.0 Å². The third-order valence-corrected chi connectivity index (χ3v) is 8.09. The number of nitrogens with one attached hydrogen (secondary N) is 1. The van der Waals surface area contributed by atoms with E-state index < -0.39 is 15.9 Å². The largest absolute Gasteiger partial charge is 0.497 e. The van der Waals surface area contributed by atoms with Crippen molar-refractivity contribution >= 4 is 21.6 Å². The Morgan fingerprint density at radius 3 is 2.58 bits per heavy atom. The van der Waals surface area contributed by atoms with Crippen molar-refractivity contribution < 1.29 is 22.4 Å². The number of sulfonamides is 1. The summed E-state index contributed by atoms with van der Waals surface area (Å²) < 4.78 is 40.1. The van der Waals surface area contributed by atoms with Crippen LogP contribution in [0.1, 0.15) is 28.6 Å². The van der Waals surface area contributed by atoms with Crippen LogP contribution in [0.4, 0.5) is 5.69 Å². The number of ether oxygens (including phenoxy) is 1.